The fourth-order valence-corrected chi connectivity index (χ4v) is 2.31. The van der Waals surface area contributed by atoms with Crippen molar-refractivity contribution in [3.8, 4) is 0 Å². The van der Waals surface area contributed by atoms with Crippen molar-refractivity contribution in [1.29, 1.82) is 0 Å². The molecule has 0 aliphatic carbocycles. The van der Waals surface area contributed by atoms with Crippen LogP contribution < -0.4 is 5.32 Å². The topological polar surface area (TPSA) is 46.4 Å². The second kappa shape index (κ2) is 3.59. The Kier molecular flexibility index (Phi) is 2.21. The Morgan fingerprint density at radius 2 is 2.44 bits per heavy atom. The predicted octanol–water partition coefficient (Wildman–Crippen LogP) is 1.70. The van der Waals surface area contributed by atoms with Crippen molar-refractivity contribution in [3.63, 3.8) is 0 Å². The van der Waals surface area contributed by atoms with Gasteiger partial charge in [0.15, 0.2) is 0 Å². The summed E-state index contributed by atoms with van der Waals surface area (Å²) in [7, 11) is 0. The second-order valence-electron chi connectivity index (χ2n) is 3.98. The van der Waals surface area contributed by atoms with Crippen molar-refractivity contribution in [2.45, 2.75) is 12.3 Å². The van der Waals surface area contributed by atoms with Crippen molar-refractivity contribution >= 4 is 27.5 Å². The van der Waals surface area contributed by atoms with Gasteiger partial charge in [0.2, 0.25) is 5.91 Å². The summed E-state index contributed by atoms with van der Waals surface area (Å²) in [6.07, 6.45) is 4.50. The minimum Gasteiger partial charge on any atom is -0.355 e. The van der Waals surface area contributed by atoms with Crippen molar-refractivity contribution < 1.29 is 4.79 Å². The van der Waals surface area contributed by atoms with Crippen LogP contribution in [0.2, 0.25) is 0 Å². The predicted molar refractivity (Wildman–Crippen MR) is 63.3 cm³/mol. The van der Waals surface area contributed by atoms with Crippen LogP contribution in [0.15, 0.2) is 29.0 Å². The molecule has 3 rings (SSSR count). The molecule has 2 aromatic heterocycles. The first-order valence-electron chi connectivity index (χ1n) is 5.13. The van der Waals surface area contributed by atoms with E-state index in [4.69, 9.17) is 0 Å². The first-order chi connectivity index (χ1) is 7.72. The maximum absolute atomic E-state index is 11.1. The van der Waals surface area contributed by atoms with Gasteiger partial charge in [-0.15, -0.1) is 0 Å². The van der Waals surface area contributed by atoms with Crippen LogP contribution in [0.25, 0.3) is 5.65 Å². The number of amides is 1. The molecule has 1 N–H and O–H groups in total. The summed E-state index contributed by atoms with van der Waals surface area (Å²) in [6, 6.07) is 3.93. The zero-order valence-electron chi connectivity index (χ0n) is 8.48. The minimum atomic E-state index is 0.114. The molecule has 82 valence electrons. The van der Waals surface area contributed by atoms with Crippen molar-refractivity contribution in [2.24, 2.45) is 0 Å². The van der Waals surface area contributed by atoms with Crippen LogP contribution in [0.4, 0.5) is 0 Å². The molecule has 1 aliphatic heterocycles. The number of imidazole rings is 1. The zero-order valence-corrected chi connectivity index (χ0v) is 10.1. The molecule has 1 unspecified atom stereocenters. The van der Waals surface area contributed by atoms with Crippen LogP contribution in [0.1, 0.15) is 18.0 Å². The van der Waals surface area contributed by atoms with E-state index in [9.17, 15) is 4.79 Å². The largest absolute Gasteiger partial charge is 0.355 e. The van der Waals surface area contributed by atoms with E-state index in [2.05, 4.69) is 26.2 Å². The van der Waals surface area contributed by atoms with E-state index >= 15 is 0 Å². The molecule has 0 aromatic carbocycles. The Hall–Kier alpha value is -1.36. The van der Waals surface area contributed by atoms with E-state index in [1.54, 1.807) is 0 Å². The smallest absolute Gasteiger partial charge is 0.220 e. The summed E-state index contributed by atoms with van der Waals surface area (Å²) in [4.78, 5) is 15.7. The van der Waals surface area contributed by atoms with Gasteiger partial charge in [0.1, 0.15) is 5.65 Å². The summed E-state index contributed by atoms with van der Waals surface area (Å²) in [5, 5.41) is 2.83. The number of pyridine rings is 1. The number of carbonyl (C=O) groups is 1. The highest BCUT2D eigenvalue weighted by Crippen LogP contribution is 2.23. The van der Waals surface area contributed by atoms with E-state index < -0.39 is 0 Å². The van der Waals surface area contributed by atoms with Gasteiger partial charge in [0.05, 0.1) is 5.69 Å². The number of halogens is 1. The lowest BCUT2D eigenvalue weighted by Crippen LogP contribution is -2.13. The van der Waals surface area contributed by atoms with Crippen LogP contribution in [-0.2, 0) is 4.79 Å². The van der Waals surface area contributed by atoms with E-state index in [0.29, 0.717) is 13.0 Å². The molecule has 4 nitrogen and oxygen atoms in total. The summed E-state index contributed by atoms with van der Waals surface area (Å²) >= 11 is 3.41. The summed E-state index contributed by atoms with van der Waals surface area (Å²) in [6.45, 7) is 0.698. The molecule has 5 heteroatoms. The van der Waals surface area contributed by atoms with Crippen LogP contribution in [0, 0.1) is 0 Å². The van der Waals surface area contributed by atoms with Gasteiger partial charge >= 0.3 is 0 Å². The molecule has 1 atom stereocenters. The van der Waals surface area contributed by atoms with Crippen LogP contribution >= 0.6 is 15.9 Å². The van der Waals surface area contributed by atoms with Crippen LogP contribution in [0.3, 0.4) is 0 Å². The van der Waals surface area contributed by atoms with E-state index in [1.807, 2.05) is 28.9 Å². The summed E-state index contributed by atoms with van der Waals surface area (Å²) in [5.41, 5.74) is 1.89. The normalized spacial score (nSPS) is 20.3. The molecule has 1 amide bonds. The number of nitrogens with one attached hydrogen (secondary N) is 1. The lowest BCUT2D eigenvalue weighted by Gasteiger charge is -1.99. The number of nitrogens with zero attached hydrogens (tertiary/aromatic N) is 2. The van der Waals surface area contributed by atoms with Gasteiger partial charge in [-0.25, -0.2) is 4.98 Å². The van der Waals surface area contributed by atoms with Crippen molar-refractivity contribution in [3.05, 3.63) is 34.7 Å². The molecular weight excluding hydrogens is 270 g/mol. The van der Waals surface area contributed by atoms with Gasteiger partial charge < -0.3 is 9.72 Å². The molecule has 0 radical (unpaired) electrons. The third kappa shape index (κ3) is 1.61. The number of aromatic nitrogens is 2. The number of hydrogen-bond donors (Lipinski definition) is 1. The van der Waals surface area contributed by atoms with E-state index in [1.165, 1.54) is 0 Å². The molecule has 2 aromatic rings. The highest BCUT2D eigenvalue weighted by Gasteiger charge is 2.25. The van der Waals surface area contributed by atoms with E-state index in [0.717, 1.165) is 15.8 Å². The van der Waals surface area contributed by atoms with Crippen molar-refractivity contribution in [2.75, 3.05) is 6.54 Å². The Balaban J connectivity index is 2.02. The second-order valence-corrected chi connectivity index (χ2v) is 4.90. The standard InChI is InChI=1S/C11H10BrN3O/c12-8-1-2-15-6-9(14-10(15)4-8)7-3-11(16)13-5-7/h1-2,4,6-7H,3,5H2,(H,13,16). The monoisotopic (exact) mass is 279 g/mol. The lowest BCUT2D eigenvalue weighted by molar-refractivity contribution is -0.119. The minimum absolute atomic E-state index is 0.114. The molecule has 16 heavy (non-hydrogen) atoms. The van der Waals surface area contributed by atoms with Gasteiger partial charge in [0, 0.05) is 35.7 Å². The Morgan fingerprint density at radius 1 is 1.56 bits per heavy atom. The van der Waals surface area contributed by atoms with Gasteiger partial charge in [-0.1, -0.05) is 15.9 Å². The third-order valence-electron chi connectivity index (χ3n) is 2.84. The Bertz CT molecular complexity index is 563. The van der Waals surface area contributed by atoms with Crippen molar-refractivity contribution in [1.82, 2.24) is 14.7 Å². The molecule has 1 saturated heterocycles. The number of carbonyl (C=O) groups excluding carboxylic acids is 1. The van der Waals surface area contributed by atoms with Gasteiger partial charge in [0.25, 0.3) is 0 Å². The van der Waals surface area contributed by atoms with Crippen LogP contribution in [-0.4, -0.2) is 21.8 Å². The quantitative estimate of drug-likeness (QED) is 0.864. The maximum atomic E-state index is 11.1. The average Bonchev–Trinajstić information content (AvgIpc) is 2.83. The fraction of sp³-hybridized carbons (Fsp3) is 0.273. The highest BCUT2D eigenvalue weighted by atomic mass is 79.9. The lowest BCUT2D eigenvalue weighted by atomic mass is 10.1. The summed E-state index contributed by atoms with van der Waals surface area (Å²) in [5.74, 6) is 0.328. The highest BCUT2D eigenvalue weighted by molar-refractivity contribution is 9.10. The molecule has 3 heterocycles. The Morgan fingerprint density at radius 3 is 3.19 bits per heavy atom. The summed E-state index contributed by atoms with van der Waals surface area (Å²) < 4.78 is 2.99. The average molecular weight is 280 g/mol. The molecule has 0 bridgehead atoms. The molecular formula is C11H10BrN3O. The third-order valence-corrected chi connectivity index (χ3v) is 3.33. The van der Waals surface area contributed by atoms with Gasteiger partial charge in [-0.05, 0) is 12.1 Å². The van der Waals surface area contributed by atoms with Gasteiger partial charge in [-0.3, -0.25) is 4.79 Å². The first kappa shape index (κ1) is 9.84. The number of rotatable bonds is 1. The Labute approximate surface area is 101 Å². The van der Waals surface area contributed by atoms with Crippen LogP contribution in [0.5, 0.6) is 0 Å². The first-order valence-corrected chi connectivity index (χ1v) is 5.92. The SMILES string of the molecule is O=C1CC(c2cn3ccc(Br)cc3n2)CN1. The molecule has 0 saturated carbocycles. The van der Waals surface area contributed by atoms with E-state index in [-0.39, 0.29) is 11.8 Å². The van der Waals surface area contributed by atoms with Gasteiger partial charge in [-0.2, -0.15) is 0 Å². The fourth-order valence-electron chi connectivity index (χ4n) is 1.99. The molecule has 0 spiro atoms. The number of fused-ring (bicyclic) bond motifs is 1. The molecule has 1 fully saturated rings. The molecule has 1 aliphatic rings. The number of hydrogen-bond acceptors (Lipinski definition) is 2. The zero-order chi connectivity index (χ0) is 11.1. The maximum Gasteiger partial charge on any atom is 0.220 e.